The van der Waals surface area contributed by atoms with E-state index in [9.17, 15) is 9.59 Å². The van der Waals surface area contributed by atoms with Gasteiger partial charge in [-0.1, -0.05) is 18.9 Å². The maximum atomic E-state index is 11.5. The van der Waals surface area contributed by atoms with Crippen molar-refractivity contribution in [3.63, 3.8) is 0 Å². The molecule has 0 unspecified atom stereocenters. The van der Waals surface area contributed by atoms with Crippen LogP contribution in [0.4, 0.5) is 0 Å². The van der Waals surface area contributed by atoms with E-state index in [1.54, 1.807) is 0 Å². The summed E-state index contributed by atoms with van der Waals surface area (Å²) in [5.41, 5.74) is 1.03. The van der Waals surface area contributed by atoms with Crippen molar-refractivity contribution in [2.75, 3.05) is 6.61 Å². The van der Waals surface area contributed by atoms with Gasteiger partial charge in [-0.15, -0.1) is 0 Å². The Kier molecular flexibility index (Phi) is 7.38. The largest absolute Gasteiger partial charge is 0.466 e. The lowest BCUT2D eigenvalue weighted by Gasteiger charge is -2.11. The number of esters is 1. The molecular formula is C15H24O3. The number of allylic oxidation sites excluding steroid dienone is 2. The van der Waals surface area contributed by atoms with Crippen LogP contribution < -0.4 is 0 Å². The predicted octanol–water partition coefficient (Wildman–Crippen LogP) is 3.57. The first-order chi connectivity index (χ1) is 8.74. The van der Waals surface area contributed by atoms with Gasteiger partial charge in [-0.3, -0.25) is 9.59 Å². The van der Waals surface area contributed by atoms with E-state index in [-0.39, 0.29) is 5.97 Å². The van der Waals surface area contributed by atoms with E-state index in [0.717, 1.165) is 56.9 Å². The molecule has 0 N–H and O–H groups in total. The molecule has 0 aromatic rings. The minimum Gasteiger partial charge on any atom is -0.466 e. The zero-order chi connectivity index (χ0) is 13.2. The summed E-state index contributed by atoms with van der Waals surface area (Å²) < 4.78 is 4.86. The number of ether oxygens (including phenoxy) is 1. The molecule has 1 rings (SSSR count). The Morgan fingerprint density at radius 2 is 2.06 bits per heavy atom. The number of unbranched alkanes of at least 4 members (excludes halogenated alkanes) is 3. The summed E-state index contributed by atoms with van der Waals surface area (Å²) in [6.45, 7) is 2.29. The van der Waals surface area contributed by atoms with Gasteiger partial charge < -0.3 is 4.74 Å². The zero-order valence-electron chi connectivity index (χ0n) is 11.4. The fraction of sp³-hybridized carbons (Fsp3) is 0.733. The Balaban J connectivity index is 2.00. The topological polar surface area (TPSA) is 43.4 Å². The number of hydrogen-bond donors (Lipinski definition) is 0. The molecule has 0 aromatic heterocycles. The monoisotopic (exact) mass is 252 g/mol. The third-order valence-corrected chi connectivity index (χ3v) is 3.24. The van der Waals surface area contributed by atoms with Crippen molar-refractivity contribution in [2.45, 2.75) is 64.7 Å². The molecule has 3 heteroatoms. The molecule has 0 atom stereocenters. The van der Waals surface area contributed by atoms with Crippen LogP contribution in [0.1, 0.15) is 64.7 Å². The first-order valence-corrected chi connectivity index (χ1v) is 7.12. The van der Waals surface area contributed by atoms with Crippen molar-refractivity contribution in [1.82, 2.24) is 0 Å². The van der Waals surface area contributed by atoms with Crippen molar-refractivity contribution in [3.8, 4) is 0 Å². The number of hydrogen-bond acceptors (Lipinski definition) is 3. The van der Waals surface area contributed by atoms with Crippen molar-refractivity contribution in [3.05, 3.63) is 11.6 Å². The highest BCUT2D eigenvalue weighted by molar-refractivity contribution is 5.95. The van der Waals surface area contributed by atoms with Crippen LogP contribution in [-0.4, -0.2) is 18.4 Å². The molecule has 1 aliphatic carbocycles. The summed E-state index contributed by atoms with van der Waals surface area (Å²) in [6, 6.07) is 0. The second-order valence-corrected chi connectivity index (χ2v) is 4.76. The van der Waals surface area contributed by atoms with Crippen LogP contribution in [0.5, 0.6) is 0 Å². The van der Waals surface area contributed by atoms with Gasteiger partial charge in [0, 0.05) is 12.8 Å². The summed E-state index contributed by atoms with van der Waals surface area (Å²) in [7, 11) is 0. The number of Topliss-reactive ketones (excluding diaryl/α,β-unsaturated/α-hetero) is 1. The standard InChI is InChI=1S/C15H24O3/c1-2-18-15(17)12-6-4-3-5-9-13-10-7-8-11-14(13)16/h10H,2-9,11-12H2,1H3. The smallest absolute Gasteiger partial charge is 0.305 e. The quantitative estimate of drug-likeness (QED) is 0.490. The van der Waals surface area contributed by atoms with Gasteiger partial charge in [0.2, 0.25) is 0 Å². The Bertz CT molecular complexity index is 305. The fourth-order valence-electron chi connectivity index (χ4n) is 2.23. The van der Waals surface area contributed by atoms with Gasteiger partial charge in [0.1, 0.15) is 0 Å². The van der Waals surface area contributed by atoms with Gasteiger partial charge in [0.05, 0.1) is 6.61 Å². The molecule has 0 radical (unpaired) electrons. The minimum atomic E-state index is -0.0948. The Morgan fingerprint density at radius 1 is 1.28 bits per heavy atom. The number of carbonyl (C=O) groups is 2. The lowest BCUT2D eigenvalue weighted by molar-refractivity contribution is -0.143. The molecule has 1 aliphatic rings. The lowest BCUT2D eigenvalue weighted by Crippen LogP contribution is -2.07. The molecule has 0 bridgehead atoms. The highest BCUT2D eigenvalue weighted by Crippen LogP contribution is 2.19. The summed E-state index contributed by atoms with van der Waals surface area (Å²) in [4.78, 5) is 22.6. The molecular weight excluding hydrogens is 228 g/mol. The van der Waals surface area contributed by atoms with Crippen LogP contribution in [0.3, 0.4) is 0 Å². The molecule has 0 spiro atoms. The number of carbonyl (C=O) groups excluding carboxylic acids is 2. The molecule has 102 valence electrons. The van der Waals surface area contributed by atoms with Gasteiger partial charge in [-0.05, 0) is 44.6 Å². The van der Waals surface area contributed by atoms with Crippen molar-refractivity contribution >= 4 is 11.8 Å². The molecule has 0 amide bonds. The average Bonchev–Trinajstić information content (AvgIpc) is 2.36. The van der Waals surface area contributed by atoms with Crippen molar-refractivity contribution < 1.29 is 14.3 Å². The van der Waals surface area contributed by atoms with Crippen molar-refractivity contribution in [1.29, 1.82) is 0 Å². The second kappa shape index (κ2) is 8.90. The van der Waals surface area contributed by atoms with E-state index >= 15 is 0 Å². The molecule has 3 nitrogen and oxygen atoms in total. The average molecular weight is 252 g/mol. The first kappa shape index (κ1) is 14.9. The van der Waals surface area contributed by atoms with E-state index in [4.69, 9.17) is 4.74 Å². The Hall–Kier alpha value is -1.12. The van der Waals surface area contributed by atoms with E-state index in [1.165, 1.54) is 0 Å². The fourth-order valence-corrected chi connectivity index (χ4v) is 2.23. The van der Waals surface area contributed by atoms with Crippen LogP contribution in [0.25, 0.3) is 0 Å². The Labute approximate surface area is 110 Å². The van der Waals surface area contributed by atoms with E-state index in [0.29, 0.717) is 18.8 Å². The van der Waals surface area contributed by atoms with Crippen LogP contribution in [0.15, 0.2) is 11.6 Å². The molecule has 0 fully saturated rings. The molecule has 0 saturated heterocycles. The summed E-state index contributed by atoms with van der Waals surface area (Å²) in [6.07, 6.45) is 10.4. The normalized spacial score (nSPS) is 15.4. The molecule has 0 heterocycles. The van der Waals surface area contributed by atoms with Gasteiger partial charge in [-0.25, -0.2) is 0 Å². The third kappa shape index (κ3) is 5.99. The molecule has 0 aromatic carbocycles. The highest BCUT2D eigenvalue weighted by atomic mass is 16.5. The van der Waals surface area contributed by atoms with E-state index in [1.807, 2.05) is 6.92 Å². The summed E-state index contributed by atoms with van der Waals surface area (Å²) in [5.74, 6) is 0.246. The summed E-state index contributed by atoms with van der Waals surface area (Å²) >= 11 is 0. The van der Waals surface area contributed by atoms with E-state index in [2.05, 4.69) is 6.08 Å². The number of rotatable bonds is 8. The van der Waals surface area contributed by atoms with Crippen LogP contribution >= 0.6 is 0 Å². The van der Waals surface area contributed by atoms with Gasteiger partial charge in [0.15, 0.2) is 5.78 Å². The summed E-state index contributed by atoms with van der Waals surface area (Å²) in [5, 5.41) is 0. The molecule has 0 aliphatic heterocycles. The van der Waals surface area contributed by atoms with Crippen LogP contribution in [0.2, 0.25) is 0 Å². The maximum Gasteiger partial charge on any atom is 0.305 e. The lowest BCUT2D eigenvalue weighted by atomic mass is 9.94. The third-order valence-electron chi connectivity index (χ3n) is 3.24. The molecule has 0 saturated carbocycles. The highest BCUT2D eigenvalue weighted by Gasteiger charge is 2.12. The van der Waals surface area contributed by atoms with Crippen LogP contribution in [0, 0.1) is 0 Å². The van der Waals surface area contributed by atoms with Gasteiger partial charge >= 0.3 is 5.97 Å². The zero-order valence-corrected chi connectivity index (χ0v) is 11.4. The maximum absolute atomic E-state index is 11.5. The SMILES string of the molecule is CCOC(=O)CCCCCCC1=CCCCC1=O. The second-order valence-electron chi connectivity index (χ2n) is 4.76. The molecule has 18 heavy (non-hydrogen) atoms. The van der Waals surface area contributed by atoms with Crippen LogP contribution in [-0.2, 0) is 14.3 Å². The van der Waals surface area contributed by atoms with Gasteiger partial charge in [0.25, 0.3) is 0 Å². The van der Waals surface area contributed by atoms with Crippen molar-refractivity contribution in [2.24, 2.45) is 0 Å². The Morgan fingerprint density at radius 3 is 2.78 bits per heavy atom. The number of ketones is 1. The minimum absolute atomic E-state index is 0.0948. The first-order valence-electron chi connectivity index (χ1n) is 7.12. The van der Waals surface area contributed by atoms with Gasteiger partial charge in [-0.2, -0.15) is 0 Å². The van der Waals surface area contributed by atoms with E-state index < -0.39 is 0 Å². The predicted molar refractivity (Wildman–Crippen MR) is 71.3 cm³/mol.